The molecule has 1 aromatic heterocycles. The van der Waals surface area contributed by atoms with Crippen molar-refractivity contribution in [2.75, 3.05) is 7.11 Å². The van der Waals surface area contributed by atoms with Crippen LogP contribution in [0, 0.1) is 0 Å². The van der Waals surface area contributed by atoms with Crippen LogP contribution in [0.15, 0.2) is 29.1 Å². The highest BCUT2D eigenvalue weighted by molar-refractivity contribution is 5.06. The Labute approximate surface area is 89.2 Å². The van der Waals surface area contributed by atoms with Gasteiger partial charge in [0.1, 0.15) is 0 Å². The van der Waals surface area contributed by atoms with E-state index < -0.39 is 0 Å². The summed E-state index contributed by atoms with van der Waals surface area (Å²) in [5.74, 6) is 0.467. The Morgan fingerprint density at radius 3 is 2.93 bits per heavy atom. The van der Waals surface area contributed by atoms with Gasteiger partial charge in [-0.25, -0.2) is 4.68 Å². The Hall–Kier alpha value is -1.58. The largest absolute Gasteiger partial charge is 0.480 e. The predicted molar refractivity (Wildman–Crippen MR) is 59.1 cm³/mol. The molecule has 0 unspecified atom stereocenters. The first-order valence-corrected chi connectivity index (χ1v) is 5.05. The fraction of sp³-hybridized carbons (Fsp3) is 0.455. The summed E-state index contributed by atoms with van der Waals surface area (Å²) < 4.78 is 6.36. The maximum atomic E-state index is 11.4. The van der Waals surface area contributed by atoms with Gasteiger partial charge in [-0.1, -0.05) is 19.1 Å². The molecule has 0 spiro atoms. The number of hydrogen-bond acceptors (Lipinski definition) is 3. The van der Waals surface area contributed by atoms with Gasteiger partial charge < -0.3 is 4.74 Å². The Morgan fingerprint density at radius 2 is 2.27 bits per heavy atom. The highest BCUT2D eigenvalue weighted by Gasteiger charge is 1.98. The predicted octanol–water partition coefficient (Wildman–Crippen LogP) is 1.61. The van der Waals surface area contributed by atoms with Crippen LogP contribution < -0.4 is 10.3 Å². The first kappa shape index (κ1) is 11.5. The van der Waals surface area contributed by atoms with Crippen LogP contribution >= 0.6 is 0 Å². The van der Waals surface area contributed by atoms with Gasteiger partial charge in [0.2, 0.25) is 5.88 Å². The van der Waals surface area contributed by atoms with Crippen molar-refractivity contribution in [1.29, 1.82) is 0 Å². The molecule has 4 heteroatoms. The lowest BCUT2D eigenvalue weighted by atomic mass is 10.3. The molecule has 1 rings (SSSR count). The minimum atomic E-state index is -0.0966. The average molecular weight is 208 g/mol. The third kappa shape index (κ3) is 3.58. The monoisotopic (exact) mass is 208 g/mol. The Bertz CT molecular complexity index is 382. The minimum Gasteiger partial charge on any atom is -0.480 e. The van der Waals surface area contributed by atoms with Crippen molar-refractivity contribution in [1.82, 2.24) is 9.78 Å². The summed E-state index contributed by atoms with van der Waals surface area (Å²) in [6.07, 6.45) is 5.95. The van der Waals surface area contributed by atoms with E-state index in [0.717, 1.165) is 12.8 Å². The zero-order valence-electron chi connectivity index (χ0n) is 9.14. The fourth-order valence-electron chi connectivity index (χ4n) is 1.18. The van der Waals surface area contributed by atoms with E-state index in [-0.39, 0.29) is 5.56 Å². The van der Waals surface area contributed by atoms with Crippen LogP contribution in [0.1, 0.15) is 19.8 Å². The average Bonchev–Trinajstić information content (AvgIpc) is 2.26. The van der Waals surface area contributed by atoms with Gasteiger partial charge in [-0.15, -0.1) is 5.10 Å². The van der Waals surface area contributed by atoms with Gasteiger partial charge in [0, 0.05) is 18.7 Å². The van der Waals surface area contributed by atoms with Gasteiger partial charge in [0.05, 0.1) is 7.11 Å². The maximum Gasteiger partial charge on any atom is 0.266 e. The van der Waals surface area contributed by atoms with E-state index in [1.54, 1.807) is 6.07 Å². The Kier molecular flexibility index (Phi) is 4.60. The van der Waals surface area contributed by atoms with E-state index in [1.165, 1.54) is 17.9 Å². The fourth-order valence-corrected chi connectivity index (χ4v) is 1.18. The van der Waals surface area contributed by atoms with Crippen LogP contribution in [0.3, 0.4) is 0 Å². The molecule has 0 N–H and O–H groups in total. The van der Waals surface area contributed by atoms with E-state index in [1.807, 2.05) is 6.08 Å². The first-order valence-electron chi connectivity index (χ1n) is 5.05. The lowest BCUT2D eigenvalue weighted by Gasteiger charge is -2.03. The van der Waals surface area contributed by atoms with Gasteiger partial charge in [0.15, 0.2) is 0 Å². The van der Waals surface area contributed by atoms with Crippen LogP contribution in [0.4, 0.5) is 0 Å². The second-order valence-electron chi connectivity index (χ2n) is 3.11. The molecule has 0 saturated heterocycles. The molecule has 0 amide bonds. The van der Waals surface area contributed by atoms with Crippen LogP contribution in [-0.4, -0.2) is 16.9 Å². The van der Waals surface area contributed by atoms with E-state index >= 15 is 0 Å². The van der Waals surface area contributed by atoms with Gasteiger partial charge in [-0.05, 0) is 12.8 Å². The molecule has 1 aromatic rings. The molecule has 4 nitrogen and oxygen atoms in total. The summed E-state index contributed by atoms with van der Waals surface area (Å²) >= 11 is 0. The van der Waals surface area contributed by atoms with Crippen molar-refractivity contribution in [2.45, 2.75) is 26.3 Å². The van der Waals surface area contributed by atoms with E-state index in [2.05, 4.69) is 18.1 Å². The number of aryl methyl sites for hydroxylation is 1. The molecular weight excluding hydrogens is 192 g/mol. The summed E-state index contributed by atoms with van der Waals surface area (Å²) in [6.45, 7) is 2.67. The topological polar surface area (TPSA) is 44.1 Å². The summed E-state index contributed by atoms with van der Waals surface area (Å²) in [5, 5.41) is 4.04. The molecular formula is C11H16N2O2. The second kappa shape index (κ2) is 6.01. The maximum absolute atomic E-state index is 11.4. The molecule has 0 aromatic carbocycles. The molecule has 82 valence electrons. The van der Waals surface area contributed by atoms with Crippen molar-refractivity contribution < 1.29 is 4.74 Å². The number of methoxy groups -OCH3 is 1. The van der Waals surface area contributed by atoms with E-state index in [9.17, 15) is 4.79 Å². The lowest BCUT2D eigenvalue weighted by molar-refractivity contribution is 0.376. The summed E-state index contributed by atoms with van der Waals surface area (Å²) in [6, 6.07) is 3.04. The molecule has 0 fully saturated rings. The zero-order valence-corrected chi connectivity index (χ0v) is 9.14. The number of hydrogen-bond donors (Lipinski definition) is 0. The lowest BCUT2D eigenvalue weighted by Crippen LogP contribution is -2.21. The molecule has 1 heterocycles. The Balaban J connectivity index is 2.67. The van der Waals surface area contributed by atoms with Crippen LogP contribution in [0.5, 0.6) is 5.88 Å². The zero-order chi connectivity index (χ0) is 11.1. The van der Waals surface area contributed by atoms with E-state index in [0.29, 0.717) is 12.4 Å². The van der Waals surface area contributed by atoms with Gasteiger partial charge >= 0.3 is 0 Å². The molecule has 0 bridgehead atoms. The first-order chi connectivity index (χ1) is 7.27. The van der Waals surface area contributed by atoms with Crippen LogP contribution in [-0.2, 0) is 6.54 Å². The number of aromatic nitrogens is 2. The van der Waals surface area contributed by atoms with Crippen molar-refractivity contribution >= 4 is 0 Å². The standard InChI is InChI=1S/C11H16N2O2/c1-3-4-5-6-9-13-11(14)8-7-10(12-13)15-2/h4-5,7-8H,3,6,9H2,1-2H3/b5-4+. The van der Waals surface area contributed by atoms with Crippen molar-refractivity contribution in [3.05, 3.63) is 34.6 Å². The highest BCUT2D eigenvalue weighted by Crippen LogP contribution is 1.99. The third-order valence-electron chi connectivity index (χ3n) is 1.96. The SMILES string of the molecule is CC/C=C/CCn1nc(OC)ccc1=O. The van der Waals surface area contributed by atoms with Crippen LogP contribution in [0.2, 0.25) is 0 Å². The van der Waals surface area contributed by atoms with Gasteiger partial charge in [-0.3, -0.25) is 4.79 Å². The second-order valence-corrected chi connectivity index (χ2v) is 3.11. The third-order valence-corrected chi connectivity index (χ3v) is 1.96. The quantitative estimate of drug-likeness (QED) is 0.690. The molecule has 15 heavy (non-hydrogen) atoms. The van der Waals surface area contributed by atoms with Crippen molar-refractivity contribution in [2.24, 2.45) is 0 Å². The smallest absolute Gasteiger partial charge is 0.266 e. The van der Waals surface area contributed by atoms with Crippen LogP contribution in [0.25, 0.3) is 0 Å². The van der Waals surface area contributed by atoms with E-state index in [4.69, 9.17) is 4.74 Å². The molecule has 0 aliphatic carbocycles. The molecule has 0 saturated carbocycles. The summed E-state index contributed by atoms with van der Waals surface area (Å²) in [5.41, 5.74) is -0.0966. The van der Waals surface area contributed by atoms with Crippen molar-refractivity contribution in [3.8, 4) is 5.88 Å². The molecule has 0 aliphatic heterocycles. The molecule has 0 aliphatic rings. The summed E-state index contributed by atoms with van der Waals surface area (Å²) in [4.78, 5) is 11.4. The normalized spacial score (nSPS) is 10.8. The van der Waals surface area contributed by atoms with Gasteiger partial charge in [0.25, 0.3) is 5.56 Å². The van der Waals surface area contributed by atoms with Gasteiger partial charge in [-0.2, -0.15) is 0 Å². The summed E-state index contributed by atoms with van der Waals surface area (Å²) in [7, 11) is 1.54. The number of ether oxygens (including phenoxy) is 1. The highest BCUT2D eigenvalue weighted by atomic mass is 16.5. The number of rotatable bonds is 5. The van der Waals surface area contributed by atoms with Crippen molar-refractivity contribution in [3.63, 3.8) is 0 Å². The number of nitrogens with zero attached hydrogens (tertiary/aromatic N) is 2. The number of allylic oxidation sites excluding steroid dienone is 2. The molecule has 0 atom stereocenters. The molecule has 0 radical (unpaired) electrons. The Morgan fingerprint density at radius 1 is 1.47 bits per heavy atom. The minimum absolute atomic E-state index is 0.0966.